The van der Waals surface area contributed by atoms with Crippen LogP contribution in [-0.4, -0.2) is 17.3 Å². The van der Waals surface area contributed by atoms with Crippen LogP contribution in [0.2, 0.25) is 0 Å². The number of alkyl halides is 2. The lowest BCUT2D eigenvalue weighted by Gasteiger charge is -2.07. The zero-order valence-electron chi connectivity index (χ0n) is 9.08. The second-order valence-electron chi connectivity index (χ2n) is 3.62. The topological polar surface area (TPSA) is 42.0 Å². The van der Waals surface area contributed by atoms with E-state index in [1.165, 1.54) is 0 Å². The number of carbonyl (C=O) groups excluding carboxylic acids is 1. The number of pyridine rings is 1. The number of hydrogen-bond donors (Lipinski definition) is 1. The second-order valence-corrected chi connectivity index (χ2v) is 3.62. The van der Waals surface area contributed by atoms with Gasteiger partial charge in [-0.05, 0) is 19.1 Å². The highest BCUT2D eigenvalue weighted by Crippen LogP contribution is 2.22. The third kappa shape index (κ3) is 2.38. The summed E-state index contributed by atoms with van der Waals surface area (Å²) in [7, 11) is 0. The minimum absolute atomic E-state index is 0.302. The van der Waals surface area contributed by atoms with E-state index >= 15 is 0 Å². The summed E-state index contributed by atoms with van der Waals surface area (Å²) in [5.41, 5.74) is 1.58. The summed E-state index contributed by atoms with van der Waals surface area (Å²) in [5, 5.41) is 2.95. The number of nitrogens with zero attached hydrogens (tertiary/aromatic N) is 1. The van der Waals surface area contributed by atoms with Gasteiger partial charge >= 0.3 is 6.43 Å². The Labute approximate surface area is 96.5 Å². The summed E-state index contributed by atoms with van der Waals surface area (Å²) in [4.78, 5) is 15.2. The van der Waals surface area contributed by atoms with Gasteiger partial charge in [0.05, 0.1) is 11.2 Å². The Kier molecular flexibility index (Phi) is 2.99. The number of anilines is 1. The van der Waals surface area contributed by atoms with E-state index in [1.807, 2.05) is 12.1 Å². The Balaban J connectivity index is 2.46. The summed E-state index contributed by atoms with van der Waals surface area (Å²) in [6.45, 7) is 1.80. The van der Waals surface area contributed by atoms with Crippen LogP contribution in [0, 0.1) is 6.92 Å². The van der Waals surface area contributed by atoms with Gasteiger partial charge in [-0.25, -0.2) is 0 Å². The molecule has 1 aromatic heterocycles. The number of aryl methyl sites for hydroxylation is 1. The molecule has 0 saturated heterocycles. The van der Waals surface area contributed by atoms with Crippen molar-refractivity contribution in [3.63, 3.8) is 0 Å². The SMILES string of the molecule is Cc1ccc2cccc(NC(=O)C(F)F)c2n1. The first-order valence-corrected chi connectivity index (χ1v) is 5.03. The van der Waals surface area contributed by atoms with Gasteiger partial charge in [-0.2, -0.15) is 8.78 Å². The number of hydrogen-bond acceptors (Lipinski definition) is 2. The molecule has 0 atom stereocenters. The van der Waals surface area contributed by atoms with E-state index < -0.39 is 12.3 Å². The Morgan fingerprint density at radius 3 is 2.76 bits per heavy atom. The van der Waals surface area contributed by atoms with Gasteiger partial charge in [0, 0.05) is 11.1 Å². The molecule has 0 aliphatic heterocycles. The summed E-state index contributed by atoms with van der Waals surface area (Å²) in [6, 6.07) is 8.69. The molecule has 0 unspecified atom stereocenters. The average molecular weight is 236 g/mol. The number of nitrogens with one attached hydrogen (secondary N) is 1. The molecule has 1 amide bonds. The fourth-order valence-electron chi connectivity index (χ4n) is 1.53. The monoisotopic (exact) mass is 236 g/mol. The second kappa shape index (κ2) is 4.45. The van der Waals surface area contributed by atoms with Crippen LogP contribution in [0.25, 0.3) is 10.9 Å². The van der Waals surface area contributed by atoms with Crippen molar-refractivity contribution in [1.29, 1.82) is 0 Å². The fourth-order valence-corrected chi connectivity index (χ4v) is 1.53. The van der Waals surface area contributed by atoms with Crippen molar-refractivity contribution >= 4 is 22.5 Å². The van der Waals surface area contributed by atoms with Gasteiger partial charge in [-0.3, -0.25) is 9.78 Å². The first-order chi connectivity index (χ1) is 8.08. The van der Waals surface area contributed by atoms with Crippen LogP contribution in [0.1, 0.15) is 5.69 Å². The summed E-state index contributed by atoms with van der Waals surface area (Å²) in [5.74, 6) is -1.32. The number of amides is 1. The average Bonchev–Trinajstić information content (AvgIpc) is 2.29. The molecule has 17 heavy (non-hydrogen) atoms. The van der Waals surface area contributed by atoms with Crippen molar-refractivity contribution in [3.05, 3.63) is 36.0 Å². The van der Waals surface area contributed by atoms with Crippen molar-refractivity contribution < 1.29 is 13.6 Å². The number of carbonyl (C=O) groups is 1. The van der Waals surface area contributed by atoms with E-state index in [4.69, 9.17) is 0 Å². The van der Waals surface area contributed by atoms with Crippen LogP contribution >= 0.6 is 0 Å². The van der Waals surface area contributed by atoms with Crippen molar-refractivity contribution in [1.82, 2.24) is 4.98 Å². The number of benzene rings is 1. The van der Waals surface area contributed by atoms with E-state index in [-0.39, 0.29) is 0 Å². The van der Waals surface area contributed by atoms with Crippen LogP contribution in [0.4, 0.5) is 14.5 Å². The minimum Gasteiger partial charge on any atom is -0.319 e. The molecule has 2 aromatic rings. The number of fused-ring (bicyclic) bond motifs is 1. The molecule has 2 rings (SSSR count). The van der Waals surface area contributed by atoms with Crippen molar-refractivity contribution in [3.8, 4) is 0 Å². The highest BCUT2D eigenvalue weighted by molar-refractivity contribution is 6.01. The highest BCUT2D eigenvalue weighted by atomic mass is 19.3. The zero-order valence-corrected chi connectivity index (χ0v) is 9.08. The molecule has 0 spiro atoms. The van der Waals surface area contributed by atoms with Gasteiger partial charge in [0.2, 0.25) is 0 Å². The first-order valence-electron chi connectivity index (χ1n) is 5.03. The highest BCUT2D eigenvalue weighted by Gasteiger charge is 2.16. The first kappa shape index (κ1) is 11.4. The summed E-state index contributed by atoms with van der Waals surface area (Å²) >= 11 is 0. The Morgan fingerprint density at radius 1 is 1.29 bits per heavy atom. The van der Waals surface area contributed by atoms with Crippen molar-refractivity contribution in [2.45, 2.75) is 13.3 Å². The lowest BCUT2D eigenvalue weighted by molar-refractivity contribution is -0.126. The molecule has 1 aromatic carbocycles. The van der Waals surface area contributed by atoms with Gasteiger partial charge in [0.1, 0.15) is 0 Å². The predicted molar refractivity (Wildman–Crippen MR) is 61.1 cm³/mol. The standard InChI is InChI=1S/C12H10F2N2O/c1-7-5-6-8-3-2-4-9(10(8)15-7)16-12(17)11(13)14/h2-6,11H,1H3,(H,16,17). The molecule has 0 radical (unpaired) electrons. The lowest BCUT2D eigenvalue weighted by atomic mass is 10.1. The number of halogens is 2. The molecule has 1 N–H and O–H groups in total. The maximum Gasteiger partial charge on any atom is 0.315 e. The van der Waals surface area contributed by atoms with Crippen LogP contribution in [0.15, 0.2) is 30.3 Å². The van der Waals surface area contributed by atoms with Gasteiger partial charge < -0.3 is 5.32 Å². The number of aromatic nitrogens is 1. The predicted octanol–water partition coefficient (Wildman–Crippen LogP) is 2.75. The van der Waals surface area contributed by atoms with E-state index in [9.17, 15) is 13.6 Å². The fraction of sp³-hybridized carbons (Fsp3) is 0.167. The quantitative estimate of drug-likeness (QED) is 0.871. The Bertz CT molecular complexity index is 569. The Hall–Kier alpha value is -2.04. The van der Waals surface area contributed by atoms with E-state index in [2.05, 4.69) is 10.3 Å². The third-order valence-electron chi connectivity index (χ3n) is 2.32. The molecule has 0 saturated carbocycles. The smallest absolute Gasteiger partial charge is 0.315 e. The van der Waals surface area contributed by atoms with Crippen LogP contribution in [0.5, 0.6) is 0 Å². The van der Waals surface area contributed by atoms with E-state index in [0.29, 0.717) is 11.2 Å². The van der Waals surface area contributed by atoms with Crippen LogP contribution < -0.4 is 5.32 Å². The minimum atomic E-state index is -3.03. The maximum atomic E-state index is 12.2. The van der Waals surface area contributed by atoms with Gasteiger partial charge in [-0.15, -0.1) is 0 Å². The van der Waals surface area contributed by atoms with Crippen LogP contribution in [-0.2, 0) is 4.79 Å². The molecular formula is C12H10F2N2O. The largest absolute Gasteiger partial charge is 0.319 e. The molecule has 0 bridgehead atoms. The van der Waals surface area contributed by atoms with Crippen molar-refractivity contribution in [2.75, 3.05) is 5.32 Å². The molecule has 5 heteroatoms. The molecule has 1 heterocycles. The zero-order chi connectivity index (χ0) is 12.4. The molecule has 3 nitrogen and oxygen atoms in total. The lowest BCUT2D eigenvalue weighted by Crippen LogP contribution is -2.20. The third-order valence-corrected chi connectivity index (χ3v) is 2.32. The summed E-state index contributed by atoms with van der Waals surface area (Å²) < 4.78 is 24.3. The molecular weight excluding hydrogens is 226 g/mol. The van der Waals surface area contributed by atoms with E-state index in [0.717, 1.165) is 11.1 Å². The maximum absolute atomic E-state index is 12.2. The number of para-hydroxylation sites is 1. The van der Waals surface area contributed by atoms with Crippen LogP contribution in [0.3, 0.4) is 0 Å². The van der Waals surface area contributed by atoms with Gasteiger partial charge in [0.25, 0.3) is 5.91 Å². The van der Waals surface area contributed by atoms with Crippen molar-refractivity contribution in [2.24, 2.45) is 0 Å². The molecule has 0 aliphatic rings. The molecule has 88 valence electrons. The number of rotatable bonds is 2. The summed E-state index contributed by atoms with van der Waals surface area (Å²) in [6.07, 6.45) is -3.03. The molecule has 0 fully saturated rings. The molecule has 0 aliphatic carbocycles. The normalized spacial score (nSPS) is 10.8. The Morgan fingerprint density at radius 2 is 2.06 bits per heavy atom. The van der Waals surface area contributed by atoms with Gasteiger partial charge in [0.15, 0.2) is 0 Å². The van der Waals surface area contributed by atoms with Gasteiger partial charge in [-0.1, -0.05) is 18.2 Å². The van der Waals surface area contributed by atoms with E-state index in [1.54, 1.807) is 25.1 Å².